The average Bonchev–Trinajstić information content (AvgIpc) is 2.91. The van der Waals surface area contributed by atoms with Crippen LogP contribution in [0.5, 0.6) is 0 Å². The number of rotatable bonds is 22. The van der Waals surface area contributed by atoms with E-state index in [1.54, 1.807) is 0 Å². The summed E-state index contributed by atoms with van der Waals surface area (Å²) in [6.07, 6.45) is 19.0. The molecule has 0 bridgehead atoms. The van der Waals surface area contributed by atoms with Gasteiger partial charge in [0.25, 0.3) is 0 Å². The molecule has 1 fully saturated rings. The Morgan fingerprint density at radius 1 is 0.714 bits per heavy atom. The second-order valence-corrected chi connectivity index (χ2v) is 12.2. The van der Waals surface area contributed by atoms with Gasteiger partial charge in [0.15, 0.2) is 12.2 Å². The molecule has 1 heterocycles. The number of esters is 3. The summed E-state index contributed by atoms with van der Waals surface area (Å²) in [6.45, 7) is 7.19. The molecule has 5 atom stereocenters. The highest BCUT2D eigenvalue weighted by atomic mass is 32.2. The smallest absolute Gasteiger partial charge is 0.303 e. The number of thioether (sulfide) groups is 1. The maximum Gasteiger partial charge on any atom is 0.303 e. The SMILES string of the molecule is CCCCCCCC/C=C\CCCCCCCCS[C@@H]1O[C@H](COC(C)=O)[C@@H](OC(C)=O)[C@H](OC(C)=O)[C@H]1NC(C)=O. The third-order valence-electron chi connectivity index (χ3n) is 7.01. The molecule has 0 aromatic rings. The Bertz CT molecular complexity index is 820. The van der Waals surface area contributed by atoms with Gasteiger partial charge in [-0.15, -0.1) is 11.8 Å². The van der Waals surface area contributed by atoms with Crippen molar-refractivity contribution in [1.29, 1.82) is 0 Å². The van der Waals surface area contributed by atoms with Gasteiger partial charge in [0.1, 0.15) is 24.2 Å². The van der Waals surface area contributed by atoms with Crippen LogP contribution in [0.2, 0.25) is 0 Å². The molecular weight excluding hydrogens is 558 g/mol. The molecule has 9 nitrogen and oxygen atoms in total. The van der Waals surface area contributed by atoms with Gasteiger partial charge in [0.2, 0.25) is 5.91 Å². The highest BCUT2D eigenvalue weighted by molar-refractivity contribution is 7.99. The van der Waals surface area contributed by atoms with Gasteiger partial charge >= 0.3 is 17.9 Å². The van der Waals surface area contributed by atoms with E-state index in [0.29, 0.717) is 0 Å². The molecule has 0 aromatic heterocycles. The van der Waals surface area contributed by atoms with Crippen LogP contribution in [0.1, 0.15) is 125 Å². The zero-order valence-corrected chi connectivity index (χ0v) is 27.3. The van der Waals surface area contributed by atoms with E-state index in [1.165, 1.54) is 104 Å². The minimum absolute atomic E-state index is 0.177. The van der Waals surface area contributed by atoms with Gasteiger partial charge in [0, 0.05) is 27.7 Å². The Morgan fingerprint density at radius 2 is 1.24 bits per heavy atom. The van der Waals surface area contributed by atoms with Crippen molar-refractivity contribution in [2.45, 2.75) is 154 Å². The second kappa shape index (κ2) is 23.4. The van der Waals surface area contributed by atoms with Crippen LogP contribution >= 0.6 is 11.8 Å². The predicted molar refractivity (Wildman–Crippen MR) is 166 cm³/mol. The minimum atomic E-state index is -1.05. The van der Waals surface area contributed by atoms with Crippen LogP contribution in [0.3, 0.4) is 0 Å². The molecule has 1 amide bonds. The highest BCUT2D eigenvalue weighted by Crippen LogP contribution is 2.33. The van der Waals surface area contributed by atoms with Crippen molar-refractivity contribution in [3.63, 3.8) is 0 Å². The fourth-order valence-electron chi connectivity index (χ4n) is 4.98. The van der Waals surface area contributed by atoms with Gasteiger partial charge in [-0.2, -0.15) is 0 Å². The normalized spacial score (nSPS) is 22.1. The molecule has 10 heteroatoms. The first-order valence-electron chi connectivity index (χ1n) is 15.8. The molecule has 1 aliphatic rings. The lowest BCUT2D eigenvalue weighted by Gasteiger charge is -2.45. The molecule has 0 saturated carbocycles. The second-order valence-electron chi connectivity index (χ2n) is 11.0. The largest absolute Gasteiger partial charge is 0.463 e. The summed E-state index contributed by atoms with van der Waals surface area (Å²) in [7, 11) is 0. The molecule has 0 unspecified atom stereocenters. The van der Waals surface area contributed by atoms with Crippen molar-refractivity contribution in [2.24, 2.45) is 0 Å². The Labute approximate surface area is 257 Å². The van der Waals surface area contributed by atoms with Gasteiger partial charge in [-0.25, -0.2) is 0 Å². The summed E-state index contributed by atoms with van der Waals surface area (Å²) in [4.78, 5) is 47.4. The topological polar surface area (TPSA) is 117 Å². The van der Waals surface area contributed by atoms with Crippen molar-refractivity contribution < 1.29 is 38.1 Å². The monoisotopic (exact) mass is 613 g/mol. The summed E-state index contributed by atoms with van der Waals surface area (Å²) in [6, 6.07) is -0.747. The molecule has 42 heavy (non-hydrogen) atoms. The van der Waals surface area contributed by atoms with E-state index in [0.717, 1.165) is 31.4 Å². The van der Waals surface area contributed by atoms with Crippen LogP contribution in [0.4, 0.5) is 0 Å². The van der Waals surface area contributed by atoms with E-state index in [9.17, 15) is 19.2 Å². The summed E-state index contributed by atoms with van der Waals surface area (Å²) in [5, 5.41) is 2.82. The summed E-state index contributed by atoms with van der Waals surface area (Å²) in [5.41, 5.74) is -0.589. The van der Waals surface area contributed by atoms with Crippen LogP contribution in [0.15, 0.2) is 12.2 Å². The lowest BCUT2D eigenvalue weighted by Crippen LogP contribution is -2.65. The van der Waals surface area contributed by atoms with Crippen LogP contribution < -0.4 is 5.32 Å². The fourth-order valence-corrected chi connectivity index (χ4v) is 6.24. The quantitative estimate of drug-likeness (QED) is 0.0639. The van der Waals surface area contributed by atoms with Gasteiger partial charge in [-0.05, 0) is 37.9 Å². The third-order valence-corrected chi connectivity index (χ3v) is 8.27. The molecule has 0 aromatic carbocycles. The third kappa shape index (κ3) is 17.8. The van der Waals surface area contributed by atoms with Gasteiger partial charge in [0.05, 0.1) is 0 Å². The molecule has 0 spiro atoms. The van der Waals surface area contributed by atoms with Gasteiger partial charge < -0.3 is 24.3 Å². The van der Waals surface area contributed by atoms with E-state index in [4.69, 9.17) is 18.9 Å². The van der Waals surface area contributed by atoms with E-state index < -0.39 is 47.7 Å². The number of hydrogen-bond acceptors (Lipinski definition) is 9. The standard InChI is InChI=1S/C32H55NO8S/c1-6-7-8-9-10-11-12-13-14-15-16-17-18-19-20-21-22-42-32-29(33-24(2)34)31(40-27(5)37)30(39-26(4)36)28(41-32)23-38-25(3)35/h13-14,28-32H,6-12,15-23H2,1-5H3,(H,33,34)/b14-13-/t28-,29-,30-,31-,32+/m1/s1. The summed E-state index contributed by atoms with van der Waals surface area (Å²) in [5.74, 6) is -1.26. The number of unbranched alkanes of at least 4 members (excludes halogenated alkanes) is 12. The predicted octanol–water partition coefficient (Wildman–Crippen LogP) is 6.41. The molecule has 1 saturated heterocycles. The molecular formula is C32H55NO8S. The number of amides is 1. The maximum absolute atomic E-state index is 12.0. The van der Waals surface area contributed by atoms with Crippen LogP contribution in [0, 0.1) is 0 Å². The minimum Gasteiger partial charge on any atom is -0.463 e. The first-order chi connectivity index (χ1) is 20.1. The molecule has 0 radical (unpaired) electrons. The number of allylic oxidation sites excluding steroid dienone is 2. The zero-order chi connectivity index (χ0) is 31.2. The van der Waals surface area contributed by atoms with Crippen molar-refractivity contribution >= 4 is 35.6 Å². The molecule has 1 rings (SSSR count). The van der Waals surface area contributed by atoms with Crippen molar-refractivity contribution in [1.82, 2.24) is 5.32 Å². The molecule has 1 aliphatic heterocycles. The lowest BCUT2D eigenvalue weighted by molar-refractivity contribution is -0.211. The van der Waals surface area contributed by atoms with E-state index in [-0.39, 0.29) is 12.5 Å². The van der Waals surface area contributed by atoms with Crippen molar-refractivity contribution in [3.05, 3.63) is 12.2 Å². The Balaban J connectivity index is 2.50. The maximum atomic E-state index is 12.0. The Morgan fingerprint density at radius 3 is 1.76 bits per heavy atom. The lowest BCUT2D eigenvalue weighted by atomic mass is 9.97. The number of hydrogen-bond donors (Lipinski definition) is 1. The number of carbonyl (C=O) groups is 4. The van der Waals surface area contributed by atoms with E-state index >= 15 is 0 Å². The van der Waals surface area contributed by atoms with Crippen LogP contribution in [-0.2, 0) is 38.1 Å². The van der Waals surface area contributed by atoms with Gasteiger partial charge in [-0.1, -0.05) is 76.9 Å². The van der Waals surface area contributed by atoms with Crippen LogP contribution in [-0.4, -0.2) is 66.0 Å². The average molecular weight is 614 g/mol. The molecule has 1 N–H and O–H groups in total. The number of nitrogens with one attached hydrogen (secondary N) is 1. The van der Waals surface area contributed by atoms with Gasteiger partial charge in [-0.3, -0.25) is 19.2 Å². The summed E-state index contributed by atoms with van der Waals surface area (Å²) >= 11 is 1.51. The Hall–Kier alpha value is -2.07. The van der Waals surface area contributed by atoms with E-state index in [1.807, 2.05) is 0 Å². The first kappa shape index (κ1) is 38.0. The molecule has 0 aliphatic carbocycles. The van der Waals surface area contributed by atoms with Crippen molar-refractivity contribution in [3.8, 4) is 0 Å². The van der Waals surface area contributed by atoms with Crippen molar-refractivity contribution in [2.75, 3.05) is 12.4 Å². The van der Waals surface area contributed by atoms with E-state index in [2.05, 4.69) is 24.4 Å². The fraction of sp³-hybridized carbons (Fsp3) is 0.812. The number of carbonyl (C=O) groups excluding carboxylic acids is 4. The number of ether oxygens (including phenoxy) is 4. The highest BCUT2D eigenvalue weighted by Gasteiger charge is 2.50. The molecule has 242 valence electrons. The Kier molecular flexibility index (Phi) is 21.1. The zero-order valence-electron chi connectivity index (χ0n) is 26.5. The first-order valence-corrected chi connectivity index (χ1v) is 16.9. The summed E-state index contributed by atoms with van der Waals surface area (Å²) < 4.78 is 22.4. The van der Waals surface area contributed by atoms with Crippen LogP contribution in [0.25, 0.3) is 0 Å².